The minimum absolute atomic E-state index is 0.129. The van der Waals surface area contributed by atoms with Gasteiger partial charge in [-0.05, 0) is 45.7 Å². The number of aliphatic carboxylic acids is 1. The van der Waals surface area contributed by atoms with Gasteiger partial charge in [-0.1, -0.05) is 13.8 Å². The van der Waals surface area contributed by atoms with E-state index in [4.69, 9.17) is 5.11 Å². The van der Waals surface area contributed by atoms with Crippen LogP contribution in [0.2, 0.25) is 0 Å². The smallest absolute Gasteiger partial charge is 0.331 e. The number of carboxylic acid groups (broad SMARTS) is 1. The van der Waals surface area contributed by atoms with Gasteiger partial charge in [-0.15, -0.1) is 0 Å². The zero-order valence-corrected chi connectivity index (χ0v) is 13.7. The number of carboxylic acids is 1. The summed E-state index contributed by atoms with van der Waals surface area (Å²) < 4.78 is 0. The van der Waals surface area contributed by atoms with Crippen LogP contribution in [0.15, 0.2) is 11.1 Å². The Hall–Kier alpha value is -1.36. The second-order valence-electron chi connectivity index (χ2n) is 5.78. The van der Waals surface area contributed by atoms with Gasteiger partial charge in [0.05, 0.1) is 0 Å². The van der Waals surface area contributed by atoms with Crippen molar-refractivity contribution in [1.82, 2.24) is 9.80 Å². The van der Waals surface area contributed by atoms with Gasteiger partial charge in [-0.2, -0.15) is 0 Å². The molecule has 0 saturated carbocycles. The highest BCUT2D eigenvalue weighted by Gasteiger charge is 2.25. The van der Waals surface area contributed by atoms with Crippen LogP contribution in [0.25, 0.3) is 0 Å². The Kier molecular flexibility index (Phi) is 6.89. The Balaban J connectivity index is 2.55. The molecule has 1 heterocycles. The maximum absolute atomic E-state index is 12.3. The van der Waals surface area contributed by atoms with Gasteiger partial charge in [-0.3, -0.25) is 4.79 Å². The molecule has 0 aliphatic carbocycles. The van der Waals surface area contributed by atoms with Gasteiger partial charge in [0, 0.05) is 30.8 Å². The average molecular weight is 296 g/mol. The van der Waals surface area contributed by atoms with Crippen molar-refractivity contribution in [1.29, 1.82) is 0 Å². The largest absolute Gasteiger partial charge is 0.478 e. The second kappa shape index (κ2) is 8.17. The fraction of sp³-hybridized carbons (Fsp3) is 0.750. The van der Waals surface area contributed by atoms with Crippen molar-refractivity contribution < 1.29 is 14.7 Å². The number of rotatable bonds is 6. The highest BCUT2D eigenvalue weighted by Crippen LogP contribution is 2.20. The molecule has 0 atom stereocenters. The predicted molar refractivity (Wildman–Crippen MR) is 83.1 cm³/mol. The molecule has 5 nitrogen and oxygen atoms in total. The highest BCUT2D eigenvalue weighted by atomic mass is 16.4. The molecule has 0 aromatic rings. The predicted octanol–water partition coefficient (Wildman–Crippen LogP) is 1.99. The molecular formula is C16H28N2O3. The Bertz CT molecular complexity index is 406. The van der Waals surface area contributed by atoms with Crippen molar-refractivity contribution in [3.8, 4) is 0 Å². The summed E-state index contributed by atoms with van der Waals surface area (Å²) in [6.45, 7) is 12.1. The first-order valence-electron chi connectivity index (χ1n) is 7.83. The number of carbonyl (C=O) groups is 2. The van der Waals surface area contributed by atoms with Crippen molar-refractivity contribution in [2.24, 2.45) is 5.92 Å². The van der Waals surface area contributed by atoms with Crippen LogP contribution < -0.4 is 0 Å². The average Bonchev–Trinajstić information content (AvgIpc) is 2.50. The van der Waals surface area contributed by atoms with E-state index in [0.717, 1.165) is 45.6 Å². The first-order valence-corrected chi connectivity index (χ1v) is 7.83. The number of amides is 1. The van der Waals surface area contributed by atoms with Gasteiger partial charge >= 0.3 is 5.97 Å². The van der Waals surface area contributed by atoms with Crippen molar-refractivity contribution in [3.05, 3.63) is 11.1 Å². The molecule has 1 amide bonds. The van der Waals surface area contributed by atoms with E-state index in [2.05, 4.69) is 18.7 Å². The van der Waals surface area contributed by atoms with Crippen LogP contribution in [0.3, 0.4) is 0 Å². The van der Waals surface area contributed by atoms with E-state index in [1.54, 1.807) is 11.8 Å². The number of likely N-dealkylation sites (tertiary alicyclic amines) is 1. The van der Waals surface area contributed by atoms with E-state index in [1.165, 1.54) is 6.92 Å². The van der Waals surface area contributed by atoms with Gasteiger partial charge in [0.2, 0.25) is 5.91 Å². The summed E-state index contributed by atoms with van der Waals surface area (Å²) in [7, 11) is 0. The standard InChI is InChI=1S/C16H28N2O3/c1-5-17(6-2)11-14-7-9-18(10-8-14)15(19)12(3)13(4)16(20)21/h14H,5-11H2,1-4H3,(H,20,21). The zero-order chi connectivity index (χ0) is 16.0. The van der Waals surface area contributed by atoms with Crippen LogP contribution in [-0.4, -0.2) is 59.5 Å². The Morgan fingerprint density at radius 2 is 1.62 bits per heavy atom. The van der Waals surface area contributed by atoms with Crippen LogP contribution in [-0.2, 0) is 9.59 Å². The maximum atomic E-state index is 12.3. The van der Waals surface area contributed by atoms with Gasteiger partial charge in [-0.25, -0.2) is 4.79 Å². The molecule has 0 aromatic heterocycles. The molecule has 0 spiro atoms. The van der Waals surface area contributed by atoms with Crippen molar-refractivity contribution in [2.45, 2.75) is 40.5 Å². The molecular weight excluding hydrogens is 268 g/mol. The Morgan fingerprint density at radius 1 is 1.10 bits per heavy atom. The lowest BCUT2D eigenvalue weighted by atomic mass is 9.95. The number of carbonyl (C=O) groups excluding carboxylic acids is 1. The van der Waals surface area contributed by atoms with E-state index >= 15 is 0 Å². The summed E-state index contributed by atoms with van der Waals surface area (Å²) in [5.41, 5.74) is 0.495. The molecule has 1 saturated heterocycles. The van der Waals surface area contributed by atoms with Gasteiger partial charge in [0.15, 0.2) is 0 Å². The minimum Gasteiger partial charge on any atom is -0.478 e. The van der Waals surface area contributed by atoms with Crippen LogP contribution >= 0.6 is 0 Å². The molecule has 21 heavy (non-hydrogen) atoms. The minimum atomic E-state index is -1.02. The molecule has 0 radical (unpaired) electrons. The Morgan fingerprint density at radius 3 is 2.05 bits per heavy atom. The summed E-state index contributed by atoms with van der Waals surface area (Å²) in [4.78, 5) is 27.4. The second-order valence-corrected chi connectivity index (χ2v) is 5.78. The third-order valence-electron chi connectivity index (χ3n) is 4.52. The fourth-order valence-corrected chi connectivity index (χ4v) is 2.72. The van der Waals surface area contributed by atoms with Gasteiger partial charge < -0.3 is 14.9 Å². The number of hydrogen-bond donors (Lipinski definition) is 1. The topological polar surface area (TPSA) is 60.9 Å². The molecule has 0 aromatic carbocycles. The van der Waals surface area contributed by atoms with E-state index in [-0.39, 0.29) is 11.5 Å². The van der Waals surface area contributed by atoms with Crippen LogP contribution in [0, 0.1) is 5.92 Å². The summed E-state index contributed by atoms with van der Waals surface area (Å²) in [5.74, 6) is -0.507. The quantitative estimate of drug-likeness (QED) is 0.762. The van der Waals surface area contributed by atoms with E-state index in [1.807, 2.05) is 0 Å². The molecule has 1 aliphatic rings. The van der Waals surface area contributed by atoms with Crippen LogP contribution in [0.5, 0.6) is 0 Å². The van der Waals surface area contributed by atoms with Crippen molar-refractivity contribution in [2.75, 3.05) is 32.7 Å². The van der Waals surface area contributed by atoms with E-state index in [0.29, 0.717) is 11.5 Å². The van der Waals surface area contributed by atoms with Crippen molar-refractivity contribution in [3.63, 3.8) is 0 Å². The lowest BCUT2D eigenvalue weighted by molar-refractivity contribution is -0.134. The SMILES string of the molecule is CCN(CC)CC1CCN(C(=O)C(C)=C(C)C(=O)O)CC1. The first-order chi connectivity index (χ1) is 9.90. The summed E-state index contributed by atoms with van der Waals surface area (Å²) in [6, 6.07) is 0. The first kappa shape index (κ1) is 17.7. The van der Waals surface area contributed by atoms with E-state index < -0.39 is 5.97 Å². The lowest BCUT2D eigenvalue weighted by Gasteiger charge is -2.34. The maximum Gasteiger partial charge on any atom is 0.331 e. The van der Waals surface area contributed by atoms with Gasteiger partial charge in [0.25, 0.3) is 0 Å². The third-order valence-corrected chi connectivity index (χ3v) is 4.52. The molecule has 1 aliphatic heterocycles. The molecule has 0 bridgehead atoms. The molecule has 1 rings (SSSR count). The summed E-state index contributed by atoms with van der Waals surface area (Å²) in [6.07, 6.45) is 2.00. The molecule has 5 heteroatoms. The lowest BCUT2D eigenvalue weighted by Crippen LogP contribution is -2.42. The van der Waals surface area contributed by atoms with Crippen molar-refractivity contribution >= 4 is 11.9 Å². The highest BCUT2D eigenvalue weighted by molar-refractivity contribution is 6.01. The number of piperidine rings is 1. The zero-order valence-electron chi connectivity index (χ0n) is 13.7. The Labute approximate surface area is 127 Å². The molecule has 120 valence electrons. The monoisotopic (exact) mass is 296 g/mol. The molecule has 1 N–H and O–H groups in total. The van der Waals surface area contributed by atoms with Crippen LogP contribution in [0.1, 0.15) is 40.5 Å². The molecule has 1 fully saturated rings. The third kappa shape index (κ3) is 4.84. The van der Waals surface area contributed by atoms with Gasteiger partial charge in [0.1, 0.15) is 0 Å². The summed E-state index contributed by atoms with van der Waals surface area (Å²) in [5, 5.41) is 8.96. The van der Waals surface area contributed by atoms with Crippen LogP contribution in [0.4, 0.5) is 0 Å². The fourth-order valence-electron chi connectivity index (χ4n) is 2.72. The normalized spacial score (nSPS) is 17.9. The summed E-state index contributed by atoms with van der Waals surface area (Å²) >= 11 is 0. The van der Waals surface area contributed by atoms with E-state index in [9.17, 15) is 9.59 Å². The molecule has 0 unspecified atom stereocenters. The number of hydrogen-bond acceptors (Lipinski definition) is 3. The number of nitrogens with zero attached hydrogens (tertiary/aromatic N) is 2.